The molecule has 0 spiro atoms. The van der Waals surface area contributed by atoms with Crippen LogP contribution in [-0.2, 0) is 7.05 Å². The molecule has 1 atom stereocenters. The molecule has 3 aromatic rings. The molecule has 1 heterocycles. The minimum atomic E-state index is -3.00. The zero-order valence-electron chi connectivity index (χ0n) is 18.3. The number of alkyl halides is 2. The Bertz CT molecular complexity index is 1200. The number of hydrogen-bond donors (Lipinski definition) is 2. The highest BCUT2D eigenvalue weighted by Gasteiger charge is 2.30. The first kappa shape index (κ1) is 23.6. The maximum atomic E-state index is 13.7. The lowest BCUT2D eigenvalue weighted by atomic mass is 10.1. The molecule has 1 unspecified atom stereocenters. The highest BCUT2D eigenvalue weighted by atomic mass is 19.3. The topological polar surface area (TPSA) is 93.4 Å². The van der Waals surface area contributed by atoms with Crippen LogP contribution < -0.4 is 10.1 Å². The number of amides is 1. The van der Waals surface area contributed by atoms with Gasteiger partial charge in [-0.25, -0.2) is 18.3 Å². The molecule has 0 saturated carbocycles. The van der Waals surface area contributed by atoms with Gasteiger partial charge < -0.3 is 15.2 Å². The van der Waals surface area contributed by atoms with E-state index < -0.39 is 30.0 Å². The largest absolute Gasteiger partial charge is 0.478 e. The lowest BCUT2D eigenvalue weighted by Crippen LogP contribution is -2.27. The molecule has 0 radical (unpaired) electrons. The molecule has 7 nitrogen and oxygen atoms in total. The number of carboxylic acid groups (broad SMARTS) is 1. The van der Waals surface area contributed by atoms with E-state index in [-0.39, 0.29) is 17.0 Å². The van der Waals surface area contributed by atoms with E-state index in [1.807, 2.05) is 6.92 Å². The molecule has 172 valence electrons. The fraction of sp³-hybridized carbons (Fsp3) is 0.208. The summed E-state index contributed by atoms with van der Waals surface area (Å²) < 4.78 is 34.3. The first-order valence-corrected chi connectivity index (χ1v) is 10.0. The fourth-order valence-corrected chi connectivity index (χ4v) is 3.29. The zero-order chi connectivity index (χ0) is 24.3. The summed E-state index contributed by atoms with van der Waals surface area (Å²) in [5.41, 5.74) is 1.38. The predicted octanol–water partition coefficient (Wildman–Crippen LogP) is 5.29. The quantitative estimate of drug-likeness (QED) is 0.481. The number of carbonyl (C=O) groups is 2. The summed E-state index contributed by atoms with van der Waals surface area (Å²) in [6, 6.07) is 10.4. The van der Waals surface area contributed by atoms with Crippen LogP contribution in [0.25, 0.3) is 6.08 Å². The van der Waals surface area contributed by atoms with Gasteiger partial charge in [-0.1, -0.05) is 30.9 Å². The monoisotopic (exact) mass is 455 g/mol. The number of aromatic carboxylic acids is 1. The Morgan fingerprint density at radius 1 is 1.21 bits per heavy atom. The summed E-state index contributed by atoms with van der Waals surface area (Å²) in [5, 5.41) is 15.5. The van der Waals surface area contributed by atoms with Gasteiger partial charge in [-0.05, 0) is 54.8 Å². The van der Waals surface area contributed by atoms with Gasteiger partial charge in [0.2, 0.25) is 5.88 Å². The van der Waals surface area contributed by atoms with Crippen molar-refractivity contribution in [3.05, 3.63) is 82.6 Å². The number of hydrogen-bond acceptors (Lipinski definition) is 4. The first-order valence-electron chi connectivity index (χ1n) is 10.0. The third-order valence-corrected chi connectivity index (χ3v) is 5.15. The van der Waals surface area contributed by atoms with Crippen LogP contribution in [0.4, 0.5) is 8.78 Å². The number of nitrogens with zero attached hydrogens (tertiary/aromatic N) is 2. The van der Waals surface area contributed by atoms with Gasteiger partial charge in [-0.15, -0.1) is 0 Å². The maximum absolute atomic E-state index is 13.7. The number of aromatic nitrogens is 2. The van der Waals surface area contributed by atoms with Crippen LogP contribution in [-0.4, -0.2) is 26.8 Å². The van der Waals surface area contributed by atoms with Gasteiger partial charge in [-0.2, -0.15) is 5.10 Å². The van der Waals surface area contributed by atoms with E-state index >= 15 is 0 Å². The van der Waals surface area contributed by atoms with E-state index in [0.717, 1.165) is 15.8 Å². The summed E-state index contributed by atoms with van der Waals surface area (Å²) in [6.07, 6.45) is -1.36. The van der Waals surface area contributed by atoms with E-state index in [1.165, 1.54) is 19.2 Å². The summed E-state index contributed by atoms with van der Waals surface area (Å²) in [7, 11) is 1.41. The summed E-state index contributed by atoms with van der Waals surface area (Å²) in [4.78, 5) is 24.1. The van der Waals surface area contributed by atoms with Crippen molar-refractivity contribution in [2.24, 2.45) is 7.05 Å². The van der Waals surface area contributed by atoms with Gasteiger partial charge in [0, 0.05) is 7.05 Å². The molecule has 0 aliphatic rings. The lowest BCUT2D eigenvalue weighted by molar-refractivity contribution is 0.0696. The molecular weight excluding hydrogens is 432 g/mol. The Kier molecular flexibility index (Phi) is 6.91. The van der Waals surface area contributed by atoms with Crippen molar-refractivity contribution in [2.45, 2.75) is 26.3 Å². The van der Waals surface area contributed by atoms with Crippen molar-refractivity contribution in [1.82, 2.24) is 15.1 Å². The number of nitrogens with one attached hydrogen (secondary N) is 1. The van der Waals surface area contributed by atoms with Crippen molar-refractivity contribution >= 4 is 18.0 Å². The van der Waals surface area contributed by atoms with E-state index in [0.29, 0.717) is 11.3 Å². The normalized spacial score (nSPS) is 11.8. The maximum Gasteiger partial charge on any atom is 0.335 e. The average Bonchev–Trinajstić information content (AvgIpc) is 3.11. The van der Waals surface area contributed by atoms with E-state index in [4.69, 9.17) is 9.84 Å². The number of aryl methyl sites for hydroxylation is 2. The second kappa shape index (κ2) is 9.64. The number of ether oxygens (including phenoxy) is 1. The second-order valence-electron chi connectivity index (χ2n) is 7.44. The SMILES string of the molecule is C=Cc1cc(Oc2c(C(=O)NC(C)c3ccc(C(=O)O)cc3)c(C(F)F)nn2C)ccc1C. The molecule has 0 aliphatic carbocycles. The Morgan fingerprint density at radius 3 is 2.45 bits per heavy atom. The van der Waals surface area contributed by atoms with Crippen LogP contribution in [0.3, 0.4) is 0 Å². The number of carbonyl (C=O) groups excluding carboxylic acids is 1. The Hall–Kier alpha value is -4.01. The highest BCUT2D eigenvalue weighted by molar-refractivity contribution is 5.98. The Morgan fingerprint density at radius 2 is 1.88 bits per heavy atom. The highest BCUT2D eigenvalue weighted by Crippen LogP contribution is 2.33. The van der Waals surface area contributed by atoms with Gasteiger partial charge in [-0.3, -0.25) is 4.79 Å². The molecule has 0 aliphatic heterocycles. The van der Waals surface area contributed by atoms with Crippen LogP contribution in [0.1, 0.15) is 62.5 Å². The average molecular weight is 455 g/mol. The minimum absolute atomic E-state index is 0.0946. The molecule has 0 saturated heterocycles. The summed E-state index contributed by atoms with van der Waals surface area (Å²) in [5.74, 6) is -1.66. The predicted molar refractivity (Wildman–Crippen MR) is 119 cm³/mol. The van der Waals surface area contributed by atoms with Crippen molar-refractivity contribution in [1.29, 1.82) is 0 Å². The standard InChI is InChI=1S/C24H23F2N3O4/c1-5-15-12-18(11-6-13(15)2)33-23-19(20(21(25)26)28-29(23)4)22(30)27-14(3)16-7-9-17(10-8-16)24(31)32/h5-12,14,21H,1H2,2-4H3,(H,27,30)(H,31,32). The van der Waals surface area contributed by atoms with Crippen molar-refractivity contribution < 1.29 is 28.2 Å². The van der Waals surface area contributed by atoms with Crippen molar-refractivity contribution in [3.8, 4) is 11.6 Å². The van der Waals surface area contributed by atoms with Crippen LogP contribution >= 0.6 is 0 Å². The van der Waals surface area contributed by atoms with Crippen LogP contribution in [0.5, 0.6) is 11.6 Å². The number of halogens is 2. The van der Waals surface area contributed by atoms with Crippen LogP contribution in [0.2, 0.25) is 0 Å². The van der Waals surface area contributed by atoms with Gasteiger partial charge in [0.25, 0.3) is 12.3 Å². The molecule has 33 heavy (non-hydrogen) atoms. The van der Waals surface area contributed by atoms with Crippen LogP contribution in [0, 0.1) is 6.92 Å². The number of benzene rings is 2. The third kappa shape index (κ3) is 5.08. The third-order valence-electron chi connectivity index (χ3n) is 5.15. The Labute approximate surface area is 189 Å². The summed E-state index contributed by atoms with van der Waals surface area (Å²) >= 11 is 0. The molecule has 2 N–H and O–H groups in total. The fourth-order valence-electron chi connectivity index (χ4n) is 3.29. The zero-order valence-corrected chi connectivity index (χ0v) is 18.3. The summed E-state index contributed by atoms with van der Waals surface area (Å²) in [6.45, 7) is 7.29. The van der Waals surface area contributed by atoms with E-state index in [1.54, 1.807) is 43.3 Å². The van der Waals surface area contributed by atoms with Gasteiger partial charge in [0.15, 0.2) is 0 Å². The van der Waals surface area contributed by atoms with Gasteiger partial charge in [0.05, 0.1) is 11.6 Å². The number of rotatable bonds is 8. The smallest absolute Gasteiger partial charge is 0.335 e. The molecular formula is C24H23F2N3O4. The molecule has 0 fully saturated rings. The van der Waals surface area contributed by atoms with E-state index in [2.05, 4.69) is 17.0 Å². The molecule has 0 bridgehead atoms. The lowest BCUT2D eigenvalue weighted by Gasteiger charge is -2.16. The van der Waals surface area contributed by atoms with Gasteiger partial charge >= 0.3 is 5.97 Å². The second-order valence-corrected chi connectivity index (χ2v) is 7.44. The molecule has 3 rings (SSSR count). The first-order chi connectivity index (χ1) is 15.6. The van der Waals surface area contributed by atoms with Crippen LogP contribution in [0.15, 0.2) is 49.0 Å². The minimum Gasteiger partial charge on any atom is -0.478 e. The van der Waals surface area contributed by atoms with E-state index in [9.17, 15) is 18.4 Å². The molecule has 9 heteroatoms. The van der Waals surface area contributed by atoms with Crippen molar-refractivity contribution in [2.75, 3.05) is 0 Å². The van der Waals surface area contributed by atoms with Crippen molar-refractivity contribution in [3.63, 3.8) is 0 Å². The Balaban J connectivity index is 1.93. The molecule has 1 aromatic heterocycles. The molecule has 1 amide bonds. The number of carboxylic acids is 1. The van der Waals surface area contributed by atoms with Gasteiger partial charge in [0.1, 0.15) is 17.0 Å². The molecule has 2 aromatic carbocycles.